The number of hydrogen-bond acceptors (Lipinski definition) is 5. The minimum absolute atomic E-state index is 0.135. The number of nitrogens with one attached hydrogen (secondary N) is 2. The molecule has 108 valence electrons. The summed E-state index contributed by atoms with van der Waals surface area (Å²) in [5.41, 5.74) is 2.95. The molecule has 0 bridgehead atoms. The molecule has 0 heterocycles. The number of nitrogens with zero attached hydrogens (tertiary/aromatic N) is 1. The monoisotopic (exact) mass is 278 g/mol. The van der Waals surface area contributed by atoms with Crippen molar-refractivity contribution in [3.8, 4) is 0 Å². The SMILES string of the molecule is CC1(CNC(=O)c2cc([N+](=O)[O-])ccc2NN)CCC1. The van der Waals surface area contributed by atoms with Crippen LogP contribution in [0.5, 0.6) is 0 Å². The zero-order valence-electron chi connectivity index (χ0n) is 11.3. The van der Waals surface area contributed by atoms with Crippen molar-refractivity contribution in [2.24, 2.45) is 11.3 Å². The normalized spacial score (nSPS) is 16.1. The van der Waals surface area contributed by atoms with E-state index in [1.165, 1.54) is 24.6 Å². The smallest absolute Gasteiger partial charge is 0.270 e. The summed E-state index contributed by atoms with van der Waals surface area (Å²) in [5, 5.41) is 13.6. The van der Waals surface area contributed by atoms with Gasteiger partial charge in [-0.1, -0.05) is 13.3 Å². The fourth-order valence-electron chi connectivity index (χ4n) is 2.31. The molecule has 1 amide bonds. The molecular formula is C13H18N4O3. The second-order valence-corrected chi connectivity index (χ2v) is 5.48. The van der Waals surface area contributed by atoms with Gasteiger partial charge < -0.3 is 10.7 Å². The van der Waals surface area contributed by atoms with E-state index in [2.05, 4.69) is 17.7 Å². The van der Waals surface area contributed by atoms with Crippen molar-refractivity contribution in [1.29, 1.82) is 0 Å². The van der Waals surface area contributed by atoms with Crippen LogP contribution in [0.3, 0.4) is 0 Å². The first-order valence-corrected chi connectivity index (χ1v) is 6.48. The van der Waals surface area contributed by atoms with Crippen LogP contribution < -0.4 is 16.6 Å². The summed E-state index contributed by atoms with van der Waals surface area (Å²) >= 11 is 0. The number of amides is 1. The van der Waals surface area contributed by atoms with E-state index in [1.54, 1.807) is 0 Å². The number of nitro groups is 1. The van der Waals surface area contributed by atoms with Crippen molar-refractivity contribution in [3.05, 3.63) is 33.9 Å². The molecule has 0 atom stereocenters. The highest BCUT2D eigenvalue weighted by atomic mass is 16.6. The Kier molecular flexibility index (Phi) is 3.89. The third kappa shape index (κ3) is 2.88. The number of nitrogens with two attached hydrogens (primary N) is 1. The number of carbonyl (C=O) groups is 1. The quantitative estimate of drug-likeness (QED) is 0.432. The lowest BCUT2D eigenvalue weighted by atomic mass is 9.70. The van der Waals surface area contributed by atoms with Crippen molar-refractivity contribution >= 4 is 17.3 Å². The van der Waals surface area contributed by atoms with Gasteiger partial charge in [0, 0.05) is 18.7 Å². The van der Waals surface area contributed by atoms with Gasteiger partial charge in [0.25, 0.3) is 11.6 Å². The van der Waals surface area contributed by atoms with Crippen molar-refractivity contribution in [2.75, 3.05) is 12.0 Å². The lowest BCUT2D eigenvalue weighted by molar-refractivity contribution is -0.384. The van der Waals surface area contributed by atoms with Gasteiger partial charge in [-0.3, -0.25) is 20.8 Å². The summed E-state index contributed by atoms with van der Waals surface area (Å²) in [4.78, 5) is 22.4. The van der Waals surface area contributed by atoms with Gasteiger partial charge in [-0.25, -0.2) is 0 Å². The lowest BCUT2D eigenvalue weighted by Crippen LogP contribution is -2.40. The van der Waals surface area contributed by atoms with Gasteiger partial charge in [0.15, 0.2) is 0 Å². The molecule has 1 aliphatic rings. The summed E-state index contributed by atoms with van der Waals surface area (Å²) < 4.78 is 0. The van der Waals surface area contributed by atoms with Crippen LogP contribution in [-0.4, -0.2) is 17.4 Å². The molecule has 4 N–H and O–H groups in total. The van der Waals surface area contributed by atoms with Gasteiger partial charge in [-0.05, 0) is 24.3 Å². The number of anilines is 1. The molecule has 0 radical (unpaired) electrons. The number of non-ortho nitro benzene ring substituents is 1. The van der Waals surface area contributed by atoms with Crippen LogP contribution >= 0.6 is 0 Å². The minimum Gasteiger partial charge on any atom is -0.351 e. The topological polar surface area (TPSA) is 110 Å². The maximum atomic E-state index is 12.2. The van der Waals surface area contributed by atoms with Gasteiger partial charge in [0.1, 0.15) is 0 Å². The standard InChI is InChI=1S/C13H18N4O3/c1-13(5-2-6-13)8-15-12(18)10-7-9(17(19)20)3-4-11(10)16-14/h3-4,7,16H,2,5-6,8,14H2,1H3,(H,15,18). The Bertz CT molecular complexity index is 540. The second-order valence-electron chi connectivity index (χ2n) is 5.48. The van der Waals surface area contributed by atoms with Crippen LogP contribution in [0.4, 0.5) is 11.4 Å². The molecule has 0 saturated heterocycles. The lowest BCUT2D eigenvalue weighted by Gasteiger charge is -2.38. The third-order valence-corrected chi connectivity index (χ3v) is 3.85. The molecule has 2 rings (SSSR count). The molecule has 1 aliphatic carbocycles. The average molecular weight is 278 g/mol. The molecule has 0 unspecified atom stereocenters. The van der Waals surface area contributed by atoms with Crippen LogP contribution in [0, 0.1) is 15.5 Å². The highest BCUT2D eigenvalue weighted by Crippen LogP contribution is 2.39. The number of hydrazine groups is 1. The van der Waals surface area contributed by atoms with Gasteiger partial charge in [-0.15, -0.1) is 0 Å². The minimum atomic E-state index is -0.537. The Balaban J connectivity index is 2.14. The third-order valence-electron chi connectivity index (χ3n) is 3.85. The van der Waals surface area contributed by atoms with Crippen molar-refractivity contribution in [3.63, 3.8) is 0 Å². The van der Waals surface area contributed by atoms with Crippen LogP contribution in [0.1, 0.15) is 36.5 Å². The molecule has 1 aromatic rings. The highest BCUT2D eigenvalue weighted by molar-refractivity contribution is 6.00. The van der Waals surface area contributed by atoms with E-state index in [-0.39, 0.29) is 22.6 Å². The van der Waals surface area contributed by atoms with Crippen molar-refractivity contribution in [1.82, 2.24) is 5.32 Å². The van der Waals surface area contributed by atoms with Gasteiger partial charge >= 0.3 is 0 Å². The second kappa shape index (κ2) is 5.46. The molecule has 1 saturated carbocycles. The molecule has 0 spiro atoms. The molecule has 0 aromatic heterocycles. The Morgan fingerprint density at radius 3 is 2.70 bits per heavy atom. The maximum absolute atomic E-state index is 12.2. The van der Waals surface area contributed by atoms with E-state index >= 15 is 0 Å². The molecular weight excluding hydrogens is 260 g/mol. The van der Waals surface area contributed by atoms with Crippen LogP contribution in [-0.2, 0) is 0 Å². The zero-order chi connectivity index (χ0) is 14.8. The van der Waals surface area contributed by atoms with E-state index in [0.29, 0.717) is 12.2 Å². The molecule has 0 aliphatic heterocycles. The number of nitrogen functional groups attached to an aromatic ring is 1. The first kappa shape index (κ1) is 14.3. The highest BCUT2D eigenvalue weighted by Gasteiger charge is 2.32. The summed E-state index contributed by atoms with van der Waals surface area (Å²) in [6.45, 7) is 2.69. The Morgan fingerprint density at radius 1 is 1.50 bits per heavy atom. The summed E-state index contributed by atoms with van der Waals surface area (Å²) in [6, 6.07) is 3.96. The Morgan fingerprint density at radius 2 is 2.20 bits per heavy atom. The summed E-state index contributed by atoms with van der Waals surface area (Å²) in [6.07, 6.45) is 3.35. The van der Waals surface area contributed by atoms with Gasteiger partial charge in [0.2, 0.25) is 0 Å². The van der Waals surface area contributed by atoms with E-state index in [1.807, 2.05) is 0 Å². The number of benzene rings is 1. The molecule has 1 fully saturated rings. The molecule has 7 nitrogen and oxygen atoms in total. The summed E-state index contributed by atoms with van der Waals surface area (Å²) in [5.74, 6) is 4.98. The van der Waals surface area contributed by atoms with Crippen molar-refractivity contribution in [2.45, 2.75) is 26.2 Å². The molecule has 7 heteroatoms. The average Bonchev–Trinajstić information content (AvgIpc) is 2.41. The molecule has 20 heavy (non-hydrogen) atoms. The fraction of sp³-hybridized carbons (Fsp3) is 0.462. The predicted octanol–water partition coefficient (Wildman–Crippen LogP) is 1.80. The Hall–Kier alpha value is -2.15. The van der Waals surface area contributed by atoms with E-state index in [9.17, 15) is 14.9 Å². The maximum Gasteiger partial charge on any atom is 0.270 e. The van der Waals surface area contributed by atoms with Gasteiger partial charge in [-0.2, -0.15) is 0 Å². The first-order chi connectivity index (χ1) is 9.45. The fourth-order valence-corrected chi connectivity index (χ4v) is 2.31. The largest absolute Gasteiger partial charge is 0.351 e. The van der Waals surface area contributed by atoms with E-state index in [4.69, 9.17) is 5.84 Å². The van der Waals surface area contributed by atoms with Gasteiger partial charge in [0.05, 0.1) is 16.2 Å². The number of carbonyl (C=O) groups excluding carboxylic acids is 1. The van der Waals surface area contributed by atoms with Crippen LogP contribution in [0.15, 0.2) is 18.2 Å². The predicted molar refractivity (Wildman–Crippen MR) is 75.2 cm³/mol. The number of hydrogen-bond donors (Lipinski definition) is 3. The number of nitro benzene ring substituents is 1. The van der Waals surface area contributed by atoms with Crippen molar-refractivity contribution < 1.29 is 9.72 Å². The van der Waals surface area contributed by atoms with E-state index < -0.39 is 4.92 Å². The summed E-state index contributed by atoms with van der Waals surface area (Å²) in [7, 11) is 0. The van der Waals surface area contributed by atoms with E-state index in [0.717, 1.165) is 12.8 Å². The molecule has 1 aromatic carbocycles. The Labute approximate surface area is 116 Å². The zero-order valence-corrected chi connectivity index (χ0v) is 11.3. The number of rotatable bonds is 5. The van der Waals surface area contributed by atoms with Crippen LogP contribution in [0.2, 0.25) is 0 Å². The van der Waals surface area contributed by atoms with Crippen LogP contribution in [0.25, 0.3) is 0 Å². The first-order valence-electron chi connectivity index (χ1n) is 6.48.